The summed E-state index contributed by atoms with van der Waals surface area (Å²) >= 11 is 1.50. The lowest BCUT2D eigenvalue weighted by Gasteiger charge is -2.07. The molecule has 7 nitrogen and oxygen atoms in total. The highest BCUT2D eigenvalue weighted by molar-refractivity contribution is 7.12. The van der Waals surface area contributed by atoms with Crippen molar-refractivity contribution in [2.45, 2.75) is 13.8 Å². The Hall–Kier alpha value is -3.91. The highest BCUT2D eigenvalue weighted by atomic mass is 32.1. The number of anilines is 1. The Morgan fingerprint density at radius 3 is 2.78 bits per heavy atom. The Morgan fingerprint density at radius 2 is 1.94 bits per heavy atom. The van der Waals surface area contributed by atoms with Crippen LogP contribution in [0.1, 0.15) is 17.0 Å². The number of ether oxygens (including phenoxy) is 2. The summed E-state index contributed by atoms with van der Waals surface area (Å²) in [5, 5.41) is 5.64. The number of aryl methyl sites for hydroxylation is 2. The fourth-order valence-electron chi connectivity index (χ4n) is 3.35. The normalized spacial score (nSPS) is 12.4. The van der Waals surface area contributed by atoms with E-state index in [0.29, 0.717) is 17.3 Å². The molecule has 4 aromatic rings. The van der Waals surface area contributed by atoms with Crippen molar-refractivity contribution in [3.05, 3.63) is 77.1 Å². The van der Waals surface area contributed by atoms with Crippen molar-refractivity contribution in [1.82, 2.24) is 14.5 Å². The van der Waals surface area contributed by atoms with E-state index < -0.39 is 0 Å². The molecule has 3 heterocycles. The molecule has 0 bridgehead atoms. The molecule has 1 aliphatic rings. The molecule has 2 aromatic heterocycles. The second kappa shape index (κ2) is 8.32. The summed E-state index contributed by atoms with van der Waals surface area (Å²) in [6.45, 7) is 4.15. The third-order valence-electron chi connectivity index (χ3n) is 5.04. The van der Waals surface area contributed by atoms with Crippen LogP contribution in [0.15, 0.2) is 60.1 Å². The Bertz CT molecular complexity index is 1320. The second-order valence-corrected chi connectivity index (χ2v) is 8.18. The van der Waals surface area contributed by atoms with Gasteiger partial charge in [-0.15, -0.1) is 11.3 Å². The maximum absolute atomic E-state index is 12.6. The number of imidazole rings is 1. The SMILES string of the molecule is Cc1ccc(-c2csc(-n3c(NC(=O)/C=C/c4ccc5c(c4)OCO5)cnc3C)n2)cc1. The highest BCUT2D eigenvalue weighted by Crippen LogP contribution is 2.33. The maximum atomic E-state index is 12.6. The Kier molecular flexibility index (Phi) is 5.20. The van der Waals surface area contributed by atoms with Gasteiger partial charge >= 0.3 is 0 Å². The van der Waals surface area contributed by atoms with Gasteiger partial charge in [-0.05, 0) is 37.6 Å². The number of carbonyl (C=O) groups excluding carboxylic acids is 1. The molecule has 0 saturated heterocycles. The van der Waals surface area contributed by atoms with Gasteiger partial charge in [0.25, 0.3) is 0 Å². The molecule has 0 radical (unpaired) electrons. The van der Waals surface area contributed by atoms with E-state index in [1.165, 1.54) is 23.0 Å². The van der Waals surface area contributed by atoms with Crippen molar-refractivity contribution >= 4 is 29.1 Å². The standard InChI is InChI=1S/C24H20N4O3S/c1-15-3-7-18(8-4-15)19-13-32-24(26-19)28-16(2)25-12-22(28)27-23(29)10-6-17-5-9-20-21(11-17)31-14-30-20/h3-13H,14H2,1-2H3,(H,27,29)/b10-6+. The first kappa shape index (κ1) is 20.0. The monoisotopic (exact) mass is 444 g/mol. The molecule has 0 fully saturated rings. The molecule has 0 atom stereocenters. The second-order valence-electron chi connectivity index (χ2n) is 7.34. The van der Waals surface area contributed by atoms with E-state index in [2.05, 4.69) is 41.5 Å². The predicted molar refractivity (Wildman–Crippen MR) is 124 cm³/mol. The molecule has 1 N–H and O–H groups in total. The van der Waals surface area contributed by atoms with Crippen LogP contribution in [-0.2, 0) is 4.79 Å². The number of amides is 1. The minimum Gasteiger partial charge on any atom is -0.454 e. The molecule has 5 rings (SSSR count). The first-order valence-electron chi connectivity index (χ1n) is 10.0. The lowest BCUT2D eigenvalue weighted by Crippen LogP contribution is -2.12. The molecule has 0 aliphatic carbocycles. The number of hydrogen-bond donors (Lipinski definition) is 1. The number of hydrogen-bond acceptors (Lipinski definition) is 6. The number of thiazole rings is 1. The van der Waals surface area contributed by atoms with Gasteiger partial charge in [-0.1, -0.05) is 35.9 Å². The van der Waals surface area contributed by atoms with Gasteiger partial charge in [0, 0.05) is 17.0 Å². The van der Waals surface area contributed by atoms with Crippen LogP contribution < -0.4 is 14.8 Å². The lowest BCUT2D eigenvalue weighted by molar-refractivity contribution is -0.111. The first-order valence-corrected chi connectivity index (χ1v) is 10.9. The van der Waals surface area contributed by atoms with E-state index in [1.54, 1.807) is 12.3 Å². The minimum absolute atomic E-state index is 0.217. The average Bonchev–Trinajstić information content (AvgIpc) is 3.52. The number of nitrogens with one attached hydrogen (secondary N) is 1. The van der Waals surface area contributed by atoms with Crippen LogP contribution in [0, 0.1) is 13.8 Å². The molecule has 1 amide bonds. The third-order valence-corrected chi connectivity index (χ3v) is 5.87. The van der Waals surface area contributed by atoms with Crippen LogP contribution in [0.25, 0.3) is 22.5 Å². The summed E-state index contributed by atoms with van der Waals surface area (Å²) in [5.74, 6) is 2.42. The number of aromatic nitrogens is 3. The summed E-state index contributed by atoms with van der Waals surface area (Å²) in [6, 6.07) is 13.8. The molecule has 160 valence electrons. The van der Waals surface area contributed by atoms with Crippen molar-refractivity contribution in [3.63, 3.8) is 0 Å². The molecule has 2 aromatic carbocycles. The van der Waals surface area contributed by atoms with E-state index in [-0.39, 0.29) is 12.7 Å². The summed E-state index contributed by atoms with van der Waals surface area (Å²) in [4.78, 5) is 21.7. The number of carbonyl (C=O) groups is 1. The molecule has 0 saturated carbocycles. The van der Waals surface area contributed by atoms with Gasteiger partial charge in [-0.25, -0.2) is 9.97 Å². The fourth-order valence-corrected chi connectivity index (χ4v) is 4.25. The summed E-state index contributed by atoms with van der Waals surface area (Å²) < 4.78 is 12.5. The van der Waals surface area contributed by atoms with Crippen LogP contribution in [-0.4, -0.2) is 27.2 Å². The molecule has 0 unspecified atom stereocenters. The third kappa shape index (κ3) is 4.00. The van der Waals surface area contributed by atoms with Crippen LogP contribution in [0.3, 0.4) is 0 Å². The van der Waals surface area contributed by atoms with Crippen molar-refractivity contribution in [1.29, 1.82) is 0 Å². The topological polar surface area (TPSA) is 78.3 Å². The van der Waals surface area contributed by atoms with E-state index >= 15 is 0 Å². The van der Waals surface area contributed by atoms with E-state index in [0.717, 1.165) is 27.8 Å². The van der Waals surface area contributed by atoms with Crippen LogP contribution in [0.4, 0.5) is 5.82 Å². The molecule has 32 heavy (non-hydrogen) atoms. The van der Waals surface area contributed by atoms with Crippen LogP contribution in [0.2, 0.25) is 0 Å². The average molecular weight is 445 g/mol. The Labute approximate surface area is 189 Å². The molecule has 0 spiro atoms. The smallest absolute Gasteiger partial charge is 0.249 e. The fraction of sp³-hybridized carbons (Fsp3) is 0.125. The van der Waals surface area contributed by atoms with Crippen molar-refractivity contribution in [2.75, 3.05) is 12.1 Å². The lowest BCUT2D eigenvalue weighted by atomic mass is 10.1. The van der Waals surface area contributed by atoms with Gasteiger partial charge in [0.2, 0.25) is 12.7 Å². The molecule has 8 heteroatoms. The zero-order chi connectivity index (χ0) is 22.1. The van der Waals surface area contributed by atoms with Gasteiger partial charge in [-0.2, -0.15) is 0 Å². The van der Waals surface area contributed by atoms with Gasteiger partial charge in [-0.3, -0.25) is 9.36 Å². The van der Waals surface area contributed by atoms with E-state index in [1.807, 2.05) is 35.1 Å². The van der Waals surface area contributed by atoms with Crippen molar-refractivity contribution in [3.8, 4) is 27.9 Å². The summed E-state index contributed by atoms with van der Waals surface area (Å²) in [6.07, 6.45) is 4.84. The van der Waals surface area contributed by atoms with Gasteiger partial charge in [0.15, 0.2) is 16.6 Å². The zero-order valence-electron chi connectivity index (χ0n) is 17.5. The molecular formula is C24H20N4O3S. The number of nitrogens with zero attached hydrogens (tertiary/aromatic N) is 3. The summed E-state index contributed by atoms with van der Waals surface area (Å²) in [5.41, 5.74) is 3.98. The van der Waals surface area contributed by atoms with Crippen LogP contribution in [0.5, 0.6) is 11.5 Å². The predicted octanol–water partition coefficient (Wildman–Crippen LogP) is 4.99. The Balaban J connectivity index is 1.34. The van der Waals surface area contributed by atoms with E-state index in [9.17, 15) is 4.79 Å². The molecule has 1 aliphatic heterocycles. The minimum atomic E-state index is -0.265. The van der Waals surface area contributed by atoms with Gasteiger partial charge in [0.05, 0.1) is 11.9 Å². The number of benzene rings is 2. The zero-order valence-corrected chi connectivity index (χ0v) is 18.3. The van der Waals surface area contributed by atoms with Crippen LogP contribution >= 0.6 is 11.3 Å². The quantitative estimate of drug-likeness (QED) is 0.439. The number of fused-ring (bicyclic) bond motifs is 1. The van der Waals surface area contributed by atoms with Gasteiger partial charge in [0.1, 0.15) is 11.6 Å². The van der Waals surface area contributed by atoms with E-state index in [4.69, 9.17) is 14.5 Å². The molecular weight excluding hydrogens is 424 g/mol. The highest BCUT2D eigenvalue weighted by Gasteiger charge is 2.15. The maximum Gasteiger partial charge on any atom is 0.249 e. The number of rotatable bonds is 5. The van der Waals surface area contributed by atoms with Crippen molar-refractivity contribution in [2.24, 2.45) is 0 Å². The largest absolute Gasteiger partial charge is 0.454 e. The Morgan fingerprint density at radius 1 is 1.12 bits per heavy atom. The van der Waals surface area contributed by atoms with Crippen molar-refractivity contribution < 1.29 is 14.3 Å². The first-order chi connectivity index (χ1) is 15.6. The summed E-state index contributed by atoms with van der Waals surface area (Å²) in [7, 11) is 0. The van der Waals surface area contributed by atoms with Gasteiger partial charge < -0.3 is 14.8 Å².